The zero-order valence-corrected chi connectivity index (χ0v) is 9.50. The number of rotatable bonds is 0. The van der Waals surface area contributed by atoms with E-state index in [0.717, 1.165) is 10.8 Å². The molecule has 0 saturated carbocycles. The summed E-state index contributed by atoms with van der Waals surface area (Å²) in [6.45, 7) is 0. The van der Waals surface area contributed by atoms with E-state index in [1.165, 1.54) is 0 Å². The van der Waals surface area contributed by atoms with Gasteiger partial charge >= 0.3 is 0 Å². The topological polar surface area (TPSA) is 38.7 Å². The van der Waals surface area contributed by atoms with Crippen LogP contribution in [-0.2, 0) is 0 Å². The SMILES string of the molecule is Clc1ccnc2nc3nccc(Cl)c3cc12. The number of fused-ring (bicyclic) bond motifs is 2. The van der Waals surface area contributed by atoms with Crippen LogP contribution in [0.2, 0.25) is 10.0 Å². The van der Waals surface area contributed by atoms with Crippen molar-refractivity contribution in [3.63, 3.8) is 0 Å². The molecule has 0 aliphatic heterocycles. The first kappa shape index (κ1) is 9.75. The molecule has 0 unspecified atom stereocenters. The molecule has 78 valence electrons. The third kappa shape index (κ3) is 1.40. The van der Waals surface area contributed by atoms with Crippen LogP contribution in [0.4, 0.5) is 0 Å². The maximum Gasteiger partial charge on any atom is 0.163 e. The number of nitrogens with zero attached hydrogens (tertiary/aromatic N) is 3. The Balaban J connectivity index is 2.55. The van der Waals surface area contributed by atoms with Crippen molar-refractivity contribution in [3.05, 3.63) is 40.6 Å². The Bertz CT molecular complexity index is 640. The molecule has 0 atom stereocenters. The lowest BCUT2D eigenvalue weighted by molar-refractivity contribution is 1.27. The Morgan fingerprint density at radius 2 is 1.31 bits per heavy atom. The first-order chi connectivity index (χ1) is 7.75. The molecule has 5 heteroatoms. The Morgan fingerprint density at radius 1 is 0.812 bits per heavy atom. The van der Waals surface area contributed by atoms with Gasteiger partial charge in [-0.3, -0.25) is 0 Å². The quantitative estimate of drug-likeness (QED) is 0.573. The van der Waals surface area contributed by atoms with Gasteiger partial charge in [-0.1, -0.05) is 23.2 Å². The fraction of sp³-hybridized carbons (Fsp3) is 0. The van der Waals surface area contributed by atoms with E-state index in [1.807, 2.05) is 6.07 Å². The van der Waals surface area contributed by atoms with Gasteiger partial charge in [-0.05, 0) is 18.2 Å². The summed E-state index contributed by atoms with van der Waals surface area (Å²) in [5, 5.41) is 2.79. The summed E-state index contributed by atoms with van der Waals surface area (Å²) < 4.78 is 0. The van der Waals surface area contributed by atoms with E-state index in [4.69, 9.17) is 23.2 Å². The lowest BCUT2D eigenvalue weighted by Crippen LogP contribution is -1.89. The van der Waals surface area contributed by atoms with Crippen molar-refractivity contribution in [3.8, 4) is 0 Å². The van der Waals surface area contributed by atoms with Crippen LogP contribution in [0.3, 0.4) is 0 Å². The molecule has 0 N–H and O–H groups in total. The monoisotopic (exact) mass is 249 g/mol. The highest BCUT2D eigenvalue weighted by molar-refractivity contribution is 6.37. The molecule has 0 aromatic carbocycles. The molecule has 3 rings (SSSR count). The van der Waals surface area contributed by atoms with E-state index >= 15 is 0 Å². The summed E-state index contributed by atoms with van der Waals surface area (Å²) in [6.07, 6.45) is 3.24. The lowest BCUT2D eigenvalue weighted by atomic mass is 10.2. The van der Waals surface area contributed by atoms with Gasteiger partial charge in [0.05, 0.1) is 10.0 Å². The molecule has 3 heterocycles. The summed E-state index contributed by atoms with van der Waals surface area (Å²) in [4.78, 5) is 12.6. The highest BCUT2D eigenvalue weighted by Gasteiger charge is 2.06. The average Bonchev–Trinajstić information content (AvgIpc) is 2.28. The maximum atomic E-state index is 6.07. The fourth-order valence-corrected chi connectivity index (χ4v) is 1.96. The maximum absolute atomic E-state index is 6.07. The van der Waals surface area contributed by atoms with Crippen LogP contribution in [0.25, 0.3) is 22.1 Å². The van der Waals surface area contributed by atoms with Crippen LogP contribution in [0.1, 0.15) is 0 Å². The number of hydrogen-bond acceptors (Lipinski definition) is 3. The van der Waals surface area contributed by atoms with Crippen molar-refractivity contribution in [2.24, 2.45) is 0 Å². The molecule has 0 bridgehead atoms. The molecule has 16 heavy (non-hydrogen) atoms. The van der Waals surface area contributed by atoms with E-state index < -0.39 is 0 Å². The van der Waals surface area contributed by atoms with Crippen molar-refractivity contribution in [2.45, 2.75) is 0 Å². The van der Waals surface area contributed by atoms with E-state index in [2.05, 4.69) is 15.0 Å². The van der Waals surface area contributed by atoms with Crippen molar-refractivity contribution in [1.29, 1.82) is 0 Å². The van der Waals surface area contributed by atoms with Crippen LogP contribution >= 0.6 is 23.2 Å². The second-order valence-electron chi connectivity index (χ2n) is 3.32. The summed E-state index contributed by atoms with van der Waals surface area (Å²) in [5.74, 6) is 0. The van der Waals surface area contributed by atoms with Gasteiger partial charge in [0.2, 0.25) is 0 Å². The molecule has 0 aliphatic carbocycles. The Kier molecular flexibility index (Phi) is 2.16. The predicted octanol–water partition coefficient (Wildman–Crippen LogP) is 3.48. The normalized spacial score (nSPS) is 11.1. The predicted molar refractivity (Wildman–Crippen MR) is 64.9 cm³/mol. The number of aromatic nitrogens is 3. The molecule has 0 saturated heterocycles. The first-order valence-corrected chi connectivity index (χ1v) is 5.37. The van der Waals surface area contributed by atoms with Gasteiger partial charge in [-0.25, -0.2) is 15.0 Å². The van der Waals surface area contributed by atoms with Gasteiger partial charge in [-0.2, -0.15) is 0 Å². The summed E-state index contributed by atoms with van der Waals surface area (Å²) in [7, 11) is 0. The Morgan fingerprint density at radius 3 is 1.81 bits per heavy atom. The smallest absolute Gasteiger partial charge is 0.163 e. The second kappa shape index (κ2) is 3.54. The van der Waals surface area contributed by atoms with Crippen LogP contribution in [0, 0.1) is 0 Å². The van der Waals surface area contributed by atoms with Crippen molar-refractivity contribution < 1.29 is 0 Å². The van der Waals surface area contributed by atoms with E-state index in [9.17, 15) is 0 Å². The Labute approximate surface area is 101 Å². The molecule has 0 amide bonds. The summed E-state index contributed by atoms with van der Waals surface area (Å²) in [5.41, 5.74) is 1.16. The molecule has 0 fully saturated rings. The minimum atomic E-state index is 0.578. The van der Waals surface area contributed by atoms with E-state index in [1.54, 1.807) is 24.5 Å². The molecule has 3 nitrogen and oxygen atoms in total. The third-order valence-electron chi connectivity index (χ3n) is 2.33. The van der Waals surface area contributed by atoms with Crippen molar-refractivity contribution >= 4 is 45.3 Å². The highest BCUT2D eigenvalue weighted by atomic mass is 35.5. The zero-order valence-electron chi connectivity index (χ0n) is 7.98. The van der Waals surface area contributed by atoms with Gasteiger partial charge < -0.3 is 0 Å². The fourth-order valence-electron chi connectivity index (χ4n) is 1.57. The first-order valence-electron chi connectivity index (χ1n) is 4.61. The summed E-state index contributed by atoms with van der Waals surface area (Å²) in [6, 6.07) is 5.31. The highest BCUT2D eigenvalue weighted by Crippen LogP contribution is 2.27. The van der Waals surface area contributed by atoms with Gasteiger partial charge in [0.15, 0.2) is 11.3 Å². The van der Waals surface area contributed by atoms with Gasteiger partial charge in [-0.15, -0.1) is 0 Å². The van der Waals surface area contributed by atoms with Gasteiger partial charge in [0.1, 0.15) is 0 Å². The largest absolute Gasteiger partial charge is 0.236 e. The van der Waals surface area contributed by atoms with E-state index in [0.29, 0.717) is 21.3 Å². The molecule has 3 aromatic heterocycles. The third-order valence-corrected chi connectivity index (χ3v) is 2.99. The number of pyridine rings is 3. The van der Waals surface area contributed by atoms with Gasteiger partial charge in [0, 0.05) is 23.2 Å². The van der Waals surface area contributed by atoms with Crippen LogP contribution in [-0.4, -0.2) is 15.0 Å². The average molecular weight is 250 g/mol. The van der Waals surface area contributed by atoms with Crippen LogP contribution in [0.5, 0.6) is 0 Å². The molecule has 0 aliphatic rings. The van der Waals surface area contributed by atoms with Crippen molar-refractivity contribution in [1.82, 2.24) is 15.0 Å². The number of hydrogen-bond donors (Lipinski definition) is 0. The minimum absolute atomic E-state index is 0.578. The van der Waals surface area contributed by atoms with Crippen LogP contribution in [0.15, 0.2) is 30.6 Å². The Hall–Kier alpha value is -1.45. The lowest BCUT2D eigenvalue weighted by Gasteiger charge is -2.02. The van der Waals surface area contributed by atoms with E-state index in [-0.39, 0.29) is 0 Å². The summed E-state index contributed by atoms with van der Waals surface area (Å²) >= 11 is 12.1. The molecule has 3 aromatic rings. The molecule has 0 spiro atoms. The standard InChI is InChI=1S/C11H5Cl2N3/c12-8-1-3-14-10-6(8)5-7-9(13)2-4-15-11(7)16-10/h1-5H. The molecule has 0 radical (unpaired) electrons. The van der Waals surface area contributed by atoms with Gasteiger partial charge in [0.25, 0.3) is 0 Å². The van der Waals surface area contributed by atoms with Crippen LogP contribution < -0.4 is 0 Å². The zero-order chi connectivity index (χ0) is 11.1. The number of halogens is 2. The molecular weight excluding hydrogens is 245 g/mol. The second-order valence-corrected chi connectivity index (χ2v) is 4.13. The van der Waals surface area contributed by atoms with Crippen molar-refractivity contribution in [2.75, 3.05) is 0 Å². The molecular formula is C11H5Cl2N3. The minimum Gasteiger partial charge on any atom is -0.236 e.